The quantitative estimate of drug-likeness (QED) is 0.749. The van der Waals surface area contributed by atoms with Crippen LogP contribution in [0.2, 0.25) is 0 Å². The second-order valence-electron chi connectivity index (χ2n) is 4.28. The maximum atomic E-state index is 8.59. The van der Waals surface area contributed by atoms with Crippen LogP contribution in [0.5, 0.6) is 0 Å². The van der Waals surface area contributed by atoms with Crippen LogP contribution in [0.25, 0.3) is 0 Å². The number of nitrogens with two attached hydrogens (primary N) is 1. The van der Waals surface area contributed by atoms with Gasteiger partial charge in [-0.25, -0.2) is 9.67 Å². The minimum atomic E-state index is 0.00910. The van der Waals surface area contributed by atoms with Crippen LogP contribution in [0.3, 0.4) is 0 Å². The van der Waals surface area contributed by atoms with Crippen molar-refractivity contribution in [1.82, 2.24) is 14.8 Å². The molecule has 5 heteroatoms. The normalized spacial score (nSPS) is 13.6. The Bertz CT molecular complexity index is 341. The Morgan fingerprint density at radius 2 is 2.29 bits per heavy atom. The minimum absolute atomic E-state index is 0.00910. The fourth-order valence-corrected chi connectivity index (χ4v) is 1.33. The van der Waals surface area contributed by atoms with E-state index in [-0.39, 0.29) is 17.3 Å². The molecule has 0 aliphatic carbocycles. The van der Waals surface area contributed by atoms with Crippen molar-refractivity contribution < 1.29 is 0 Å². The van der Waals surface area contributed by atoms with E-state index in [1.54, 1.807) is 11.0 Å². The summed E-state index contributed by atoms with van der Waals surface area (Å²) in [5.41, 5.74) is 5.68. The van der Waals surface area contributed by atoms with E-state index in [1.165, 1.54) is 0 Å². The molecule has 0 spiro atoms. The average Bonchev–Trinajstić information content (AvgIpc) is 2.51. The van der Waals surface area contributed by atoms with Crippen molar-refractivity contribution in [2.24, 2.45) is 11.1 Å². The zero-order valence-electron chi connectivity index (χ0n) is 8.73. The predicted molar refractivity (Wildman–Crippen MR) is 52.3 cm³/mol. The third-order valence-corrected chi connectivity index (χ3v) is 2.15. The molecule has 1 unspecified atom stereocenters. The highest BCUT2D eigenvalue weighted by molar-refractivity contribution is 5.06. The lowest BCUT2D eigenvalue weighted by atomic mass is 9.87. The maximum Gasteiger partial charge on any atom is 0.252 e. The molecule has 0 saturated carbocycles. The van der Waals surface area contributed by atoms with Crippen molar-refractivity contribution in [1.29, 1.82) is 5.26 Å². The van der Waals surface area contributed by atoms with Gasteiger partial charge in [-0.1, -0.05) is 20.8 Å². The van der Waals surface area contributed by atoms with Crippen LogP contribution >= 0.6 is 0 Å². The van der Waals surface area contributed by atoms with Gasteiger partial charge in [0.1, 0.15) is 12.4 Å². The summed E-state index contributed by atoms with van der Waals surface area (Å²) in [5, 5.41) is 12.6. The first kappa shape index (κ1) is 10.7. The molecule has 1 aromatic heterocycles. The lowest BCUT2D eigenvalue weighted by molar-refractivity contribution is 0.231. The smallest absolute Gasteiger partial charge is 0.252 e. The standard InChI is InChI=1S/C9H15N5/c1-9(2,3)7(4-10)14-6-12-8(5-11)13-14/h6-7H,4,10H2,1-3H3. The number of rotatable bonds is 2. The fourth-order valence-electron chi connectivity index (χ4n) is 1.33. The second kappa shape index (κ2) is 3.76. The lowest BCUT2D eigenvalue weighted by Gasteiger charge is -2.29. The molecule has 0 bridgehead atoms. The number of hydrogen-bond donors (Lipinski definition) is 1. The summed E-state index contributed by atoms with van der Waals surface area (Å²) in [6, 6.07) is 1.96. The van der Waals surface area contributed by atoms with E-state index in [0.29, 0.717) is 6.54 Å². The topological polar surface area (TPSA) is 80.5 Å². The molecule has 5 nitrogen and oxygen atoms in total. The van der Waals surface area contributed by atoms with Crippen LogP contribution in [0.4, 0.5) is 0 Å². The van der Waals surface area contributed by atoms with Crippen molar-refractivity contribution >= 4 is 0 Å². The summed E-state index contributed by atoms with van der Waals surface area (Å²) >= 11 is 0. The van der Waals surface area contributed by atoms with E-state index < -0.39 is 0 Å². The highest BCUT2D eigenvalue weighted by Crippen LogP contribution is 2.28. The van der Waals surface area contributed by atoms with Crippen LogP contribution in [0.15, 0.2) is 6.33 Å². The van der Waals surface area contributed by atoms with Gasteiger partial charge in [-0.3, -0.25) is 0 Å². The van der Waals surface area contributed by atoms with Crippen LogP contribution in [0, 0.1) is 16.7 Å². The summed E-state index contributed by atoms with van der Waals surface area (Å²) in [6.45, 7) is 6.73. The fraction of sp³-hybridized carbons (Fsp3) is 0.667. The molecule has 1 heterocycles. The molecule has 0 saturated heterocycles. The van der Waals surface area contributed by atoms with Crippen LogP contribution < -0.4 is 5.73 Å². The van der Waals surface area contributed by atoms with E-state index in [1.807, 2.05) is 6.07 Å². The van der Waals surface area contributed by atoms with Gasteiger partial charge in [0, 0.05) is 6.54 Å². The summed E-state index contributed by atoms with van der Waals surface area (Å²) in [4.78, 5) is 3.85. The number of nitrogens with zero attached hydrogens (tertiary/aromatic N) is 4. The van der Waals surface area contributed by atoms with Gasteiger partial charge < -0.3 is 5.73 Å². The number of hydrogen-bond acceptors (Lipinski definition) is 4. The largest absolute Gasteiger partial charge is 0.328 e. The Balaban J connectivity index is 2.97. The highest BCUT2D eigenvalue weighted by atomic mass is 15.4. The van der Waals surface area contributed by atoms with Gasteiger partial charge in [0.2, 0.25) is 0 Å². The van der Waals surface area contributed by atoms with E-state index in [0.717, 1.165) is 0 Å². The zero-order valence-corrected chi connectivity index (χ0v) is 8.73. The monoisotopic (exact) mass is 193 g/mol. The van der Waals surface area contributed by atoms with E-state index >= 15 is 0 Å². The Hall–Kier alpha value is -1.41. The Kier molecular flexibility index (Phi) is 2.87. The molecular weight excluding hydrogens is 178 g/mol. The molecule has 1 atom stereocenters. The van der Waals surface area contributed by atoms with Crippen LogP contribution in [0.1, 0.15) is 32.6 Å². The molecule has 0 fully saturated rings. The molecule has 1 rings (SSSR count). The maximum absolute atomic E-state index is 8.59. The molecule has 0 aromatic carbocycles. The number of nitriles is 1. The SMILES string of the molecule is CC(C)(C)C(CN)n1cnc(C#N)n1. The van der Waals surface area contributed by atoms with Gasteiger partial charge >= 0.3 is 0 Å². The van der Waals surface area contributed by atoms with Crippen LogP contribution in [-0.4, -0.2) is 21.3 Å². The molecular formula is C9H15N5. The molecule has 0 aliphatic heterocycles. The molecule has 2 N–H and O–H groups in total. The first-order chi connectivity index (χ1) is 6.49. The molecule has 0 radical (unpaired) electrons. The Labute approximate surface area is 83.5 Å². The molecule has 0 amide bonds. The molecule has 0 aliphatic rings. The van der Waals surface area contributed by atoms with Crippen molar-refractivity contribution in [3.63, 3.8) is 0 Å². The minimum Gasteiger partial charge on any atom is -0.328 e. The predicted octanol–water partition coefficient (Wildman–Crippen LogP) is 0.696. The van der Waals surface area contributed by atoms with Gasteiger partial charge in [0.15, 0.2) is 0 Å². The lowest BCUT2D eigenvalue weighted by Crippen LogP contribution is -2.31. The van der Waals surface area contributed by atoms with E-state index in [2.05, 4.69) is 30.9 Å². The van der Waals surface area contributed by atoms with Crippen molar-refractivity contribution in [2.75, 3.05) is 6.54 Å². The van der Waals surface area contributed by atoms with Crippen LogP contribution in [-0.2, 0) is 0 Å². The summed E-state index contributed by atoms with van der Waals surface area (Å²) in [7, 11) is 0. The molecule has 76 valence electrons. The summed E-state index contributed by atoms with van der Waals surface area (Å²) in [6.07, 6.45) is 1.56. The Morgan fingerprint density at radius 3 is 2.64 bits per heavy atom. The van der Waals surface area contributed by atoms with Crippen molar-refractivity contribution in [2.45, 2.75) is 26.8 Å². The average molecular weight is 193 g/mol. The highest BCUT2D eigenvalue weighted by Gasteiger charge is 2.25. The first-order valence-corrected chi connectivity index (χ1v) is 4.50. The Morgan fingerprint density at radius 1 is 1.64 bits per heavy atom. The second-order valence-corrected chi connectivity index (χ2v) is 4.28. The number of aromatic nitrogens is 3. The summed E-state index contributed by atoms with van der Waals surface area (Å²) in [5.74, 6) is 0.188. The zero-order chi connectivity index (χ0) is 10.8. The molecule has 1 aromatic rings. The van der Waals surface area contributed by atoms with Gasteiger partial charge in [-0.15, -0.1) is 5.10 Å². The first-order valence-electron chi connectivity index (χ1n) is 4.50. The van der Waals surface area contributed by atoms with Gasteiger partial charge in [0.05, 0.1) is 6.04 Å². The third kappa shape index (κ3) is 2.09. The summed E-state index contributed by atoms with van der Waals surface area (Å²) < 4.78 is 1.67. The van der Waals surface area contributed by atoms with Gasteiger partial charge in [-0.05, 0) is 5.41 Å². The van der Waals surface area contributed by atoms with Crippen molar-refractivity contribution in [3.8, 4) is 6.07 Å². The van der Waals surface area contributed by atoms with Gasteiger partial charge in [-0.2, -0.15) is 5.26 Å². The third-order valence-electron chi connectivity index (χ3n) is 2.15. The van der Waals surface area contributed by atoms with Crippen molar-refractivity contribution in [3.05, 3.63) is 12.2 Å². The van der Waals surface area contributed by atoms with E-state index in [4.69, 9.17) is 11.0 Å². The molecule has 14 heavy (non-hydrogen) atoms. The van der Waals surface area contributed by atoms with Gasteiger partial charge in [0.25, 0.3) is 5.82 Å². The van der Waals surface area contributed by atoms with E-state index in [9.17, 15) is 0 Å².